The molecule has 0 saturated heterocycles. The second-order valence-corrected chi connectivity index (χ2v) is 21.9. The first-order valence-electron chi connectivity index (χ1n) is 12.1. The van der Waals surface area contributed by atoms with Crippen LogP contribution in [-0.2, 0) is 13.5 Å². The molecule has 3 heterocycles. The van der Waals surface area contributed by atoms with Crippen LogP contribution in [0, 0.1) is 12.8 Å². The molecule has 0 unspecified atom stereocenters. The van der Waals surface area contributed by atoms with Gasteiger partial charge in [0.1, 0.15) is 0 Å². The van der Waals surface area contributed by atoms with E-state index in [1.54, 1.807) is 0 Å². The van der Waals surface area contributed by atoms with Crippen LogP contribution in [0.25, 0.3) is 49.1 Å². The zero-order chi connectivity index (χ0) is 23.2. The quantitative estimate of drug-likeness (QED) is 0.123. The molecule has 3 nitrogen and oxygen atoms in total. The summed E-state index contributed by atoms with van der Waals surface area (Å²) < 4.78 is 6.29. The number of hydrogen-bond acceptors (Lipinski definition) is 1. The van der Waals surface area contributed by atoms with E-state index in [-0.39, 0.29) is 0 Å². The van der Waals surface area contributed by atoms with Gasteiger partial charge in [-0.25, -0.2) is 0 Å². The summed E-state index contributed by atoms with van der Waals surface area (Å²) in [4.78, 5) is 4.93. The molecule has 0 amide bonds. The Hall–Kier alpha value is -2.66. The van der Waals surface area contributed by atoms with Crippen LogP contribution in [0.15, 0.2) is 48.8 Å². The first kappa shape index (κ1) is 20.9. The number of benzene rings is 3. The number of pyridine rings is 1. The molecule has 6 aromatic rings. The van der Waals surface area contributed by atoms with E-state index in [4.69, 9.17) is 4.98 Å². The molecule has 0 aliphatic carbocycles. The number of fused-ring (bicyclic) bond motifs is 5. The molecule has 0 radical (unpaired) electrons. The molecule has 3 aromatic carbocycles. The summed E-state index contributed by atoms with van der Waals surface area (Å²) >= 11 is -2.08. The molecule has 0 atom stereocenters. The van der Waals surface area contributed by atoms with Crippen LogP contribution in [0.4, 0.5) is 0 Å². The molecule has 0 aliphatic rings. The Morgan fingerprint density at radius 1 is 0.939 bits per heavy atom. The van der Waals surface area contributed by atoms with Gasteiger partial charge in [-0.05, 0) is 0 Å². The van der Waals surface area contributed by atoms with Crippen molar-refractivity contribution in [2.45, 2.75) is 44.5 Å². The number of hydrogen-bond donors (Lipinski definition) is 0. The molecule has 166 valence electrons. The van der Waals surface area contributed by atoms with Crippen LogP contribution in [0.1, 0.15) is 25.0 Å². The van der Waals surface area contributed by atoms with Crippen molar-refractivity contribution in [2.75, 3.05) is 0 Å². The van der Waals surface area contributed by atoms with Gasteiger partial charge < -0.3 is 0 Å². The van der Waals surface area contributed by atoms with Crippen molar-refractivity contribution in [1.29, 1.82) is 0 Å². The maximum atomic E-state index is 4.93. The Kier molecular flexibility index (Phi) is 4.39. The summed E-state index contributed by atoms with van der Waals surface area (Å²) in [6.45, 7) is 6.85. The average Bonchev–Trinajstić information content (AvgIpc) is 3.07. The zero-order valence-corrected chi connectivity index (χ0v) is 22.8. The molecule has 33 heavy (non-hydrogen) atoms. The Labute approximate surface area is 197 Å². The average molecular weight is 495 g/mol. The fourth-order valence-corrected chi connectivity index (χ4v) is 8.04. The minimum atomic E-state index is -2.08. The normalized spacial score (nSPS) is 13.1. The molecule has 0 saturated carbocycles. The topological polar surface area (TPSA) is 21.2 Å². The van der Waals surface area contributed by atoms with Gasteiger partial charge in [-0.1, -0.05) is 0 Å². The third kappa shape index (κ3) is 2.94. The Morgan fingerprint density at radius 2 is 1.70 bits per heavy atom. The van der Waals surface area contributed by atoms with E-state index in [9.17, 15) is 0 Å². The Bertz CT molecular complexity index is 1720. The van der Waals surface area contributed by atoms with Crippen molar-refractivity contribution in [1.82, 2.24) is 9.38 Å². The van der Waals surface area contributed by atoms with Gasteiger partial charge in [0.25, 0.3) is 0 Å². The van der Waals surface area contributed by atoms with Crippen molar-refractivity contribution in [3.63, 3.8) is 0 Å². The minimum absolute atomic E-state index is 0.638. The zero-order valence-electron chi connectivity index (χ0n) is 20.7. The Balaban J connectivity index is 1.96. The van der Waals surface area contributed by atoms with E-state index in [0.717, 1.165) is 11.9 Å². The SMILES string of the molecule is Cc1ccc2c3ccc(CC(C)C)cc3n3c4c[c]([Ge]([CH3])([CH3])[CH3])cc5nc[n+](C)c(c1c23)c54. The van der Waals surface area contributed by atoms with Gasteiger partial charge in [0.2, 0.25) is 0 Å². The molecule has 0 spiro atoms. The first-order valence-corrected chi connectivity index (χ1v) is 19.4. The van der Waals surface area contributed by atoms with Crippen molar-refractivity contribution in [3.8, 4) is 0 Å². The molecule has 0 fully saturated rings. The molecule has 0 bridgehead atoms. The van der Waals surface area contributed by atoms with Crippen LogP contribution in [0.5, 0.6) is 0 Å². The number of aromatic nitrogens is 3. The van der Waals surface area contributed by atoms with Gasteiger partial charge in [-0.15, -0.1) is 0 Å². The van der Waals surface area contributed by atoms with Gasteiger partial charge in [0, 0.05) is 0 Å². The predicted molar refractivity (Wildman–Crippen MR) is 144 cm³/mol. The Morgan fingerprint density at radius 3 is 2.42 bits per heavy atom. The molecular formula is C29H32GeN3+. The fourth-order valence-electron chi connectivity index (χ4n) is 5.65. The van der Waals surface area contributed by atoms with E-state index in [1.165, 1.54) is 59.1 Å². The van der Waals surface area contributed by atoms with E-state index >= 15 is 0 Å². The summed E-state index contributed by atoms with van der Waals surface area (Å²) in [5.74, 6) is 8.06. The monoisotopic (exact) mass is 496 g/mol. The van der Waals surface area contributed by atoms with Gasteiger partial charge in [-0.2, -0.15) is 0 Å². The van der Waals surface area contributed by atoms with Crippen molar-refractivity contribution < 1.29 is 4.57 Å². The van der Waals surface area contributed by atoms with E-state index in [1.807, 2.05) is 6.33 Å². The fraction of sp³-hybridized carbons (Fsp3) is 0.310. The van der Waals surface area contributed by atoms with Crippen LogP contribution in [-0.4, -0.2) is 22.7 Å². The summed E-state index contributed by atoms with van der Waals surface area (Å²) in [5.41, 5.74) is 9.13. The second kappa shape index (κ2) is 6.92. The summed E-state index contributed by atoms with van der Waals surface area (Å²) in [5, 5.41) is 5.32. The number of rotatable bonds is 3. The summed E-state index contributed by atoms with van der Waals surface area (Å²) in [6.07, 6.45) is 3.10. The molecule has 4 heteroatoms. The van der Waals surface area contributed by atoms with Gasteiger partial charge in [-0.3, -0.25) is 0 Å². The van der Waals surface area contributed by atoms with E-state index in [0.29, 0.717) is 5.92 Å². The third-order valence-electron chi connectivity index (χ3n) is 7.25. The third-order valence-corrected chi connectivity index (χ3v) is 11.5. The predicted octanol–water partition coefficient (Wildman–Crippen LogP) is 6.26. The van der Waals surface area contributed by atoms with Crippen molar-refractivity contribution in [3.05, 3.63) is 59.9 Å². The van der Waals surface area contributed by atoms with Crippen LogP contribution < -0.4 is 8.96 Å². The maximum absolute atomic E-state index is 4.93. The van der Waals surface area contributed by atoms with Gasteiger partial charge in [0.05, 0.1) is 0 Å². The van der Waals surface area contributed by atoms with Crippen LogP contribution in [0.2, 0.25) is 17.3 Å². The standard InChI is InChI=1S/C29H32GeN3/c1-17(2)12-19-9-11-21-22-10-8-18(3)26-28(22)33(24(21)13-19)25-15-20(30(4,5)6)14-23-27(25)29(26)32(7)16-31-23/h8-11,13-17H,12H2,1-7H3/q+1. The molecular weight excluding hydrogens is 463 g/mol. The second-order valence-electron chi connectivity index (χ2n) is 11.3. The summed E-state index contributed by atoms with van der Waals surface area (Å²) in [7, 11) is 2.14. The van der Waals surface area contributed by atoms with Crippen molar-refractivity contribution >= 4 is 66.8 Å². The van der Waals surface area contributed by atoms with Gasteiger partial charge >= 0.3 is 198 Å². The molecule has 0 N–H and O–H groups in total. The van der Waals surface area contributed by atoms with Gasteiger partial charge in [0.15, 0.2) is 0 Å². The summed E-state index contributed by atoms with van der Waals surface area (Å²) in [6, 6.07) is 16.6. The molecule has 0 aliphatic heterocycles. The van der Waals surface area contributed by atoms with E-state index in [2.05, 4.69) is 96.5 Å². The molecule has 6 rings (SSSR count). The van der Waals surface area contributed by atoms with E-state index < -0.39 is 13.3 Å². The van der Waals surface area contributed by atoms with Crippen molar-refractivity contribution in [2.24, 2.45) is 13.0 Å². The number of nitrogens with zero attached hydrogens (tertiary/aromatic N) is 3. The molecule has 3 aromatic heterocycles. The first-order chi connectivity index (χ1) is 15.6. The van der Waals surface area contributed by atoms with Crippen LogP contribution in [0.3, 0.4) is 0 Å². The number of aryl methyl sites for hydroxylation is 2. The van der Waals surface area contributed by atoms with Crippen LogP contribution >= 0.6 is 0 Å².